The van der Waals surface area contributed by atoms with Gasteiger partial charge in [-0.05, 0) is 35.4 Å². The van der Waals surface area contributed by atoms with E-state index in [0.717, 1.165) is 23.5 Å². The Labute approximate surface area is 177 Å². The fourth-order valence-corrected chi connectivity index (χ4v) is 3.80. The third-order valence-corrected chi connectivity index (χ3v) is 5.38. The molecule has 0 saturated carbocycles. The topological polar surface area (TPSA) is 62.2 Å². The number of aromatic nitrogens is 1. The van der Waals surface area contributed by atoms with Crippen molar-refractivity contribution >= 4 is 40.4 Å². The summed E-state index contributed by atoms with van der Waals surface area (Å²) in [7, 11) is 0. The van der Waals surface area contributed by atoms with Crippen LogP contribution in [-0.4, -0.2) is 16.0 Å². The molecule has 0 bridgehead atoms. The lowest BCUT2D eigenvalue weighted by Gasteiger charge is -2.09. The minimum atomic E-state index is -4.44. The van der Waals surface area contributed by atoms with Crippen LogP contribution in [0.2, 0.25) is 10.0 Å². The highest BCUT2D eigenvalue weighted by molar-refractivity contribution is 7.11. The van der Waals surface area contributed by atoms with Gasteiger partial charge in [-0.1, -0.05) is 35.3 Å². The van der Waals surface area contributed by atoms with E-state index in [-0.39, 0.29) is 27.3 Å². The average molecular weight is 461 g/mol. The Morgan fingerprint density at radius 3 is 2.48 bits per heavy atom. The molecule has 3 aromatic rings. The molecule has 0 unspecified atom stereocenters. The van der Waals surface area contributed by atoms with Crippen LogP contribution in [0.3, 0.4) is 0 Å². The number of nitrogens with zero attached hydrogens (tertiary/aromatic N) is 1. The van der Waals surface area contributed by atoms with Crippen LogP contribution in [0.25, 0.3) is 0 Å². The quantitative estimate of drug-likeness (QED) is 0.513. The average Bonchev–Trinajstić information content (AvgIpc) is 3.12. The number of nitrogens with one attached hydrogen (secondary N) is 1. The number of carbonyl (C=O) groups is 1. The molecule has 0 aliphatic rings. The maximum atomic E-state index is 12.8. The van der Waals surface area contributed by atoms with Gasteiger partial charge in [0.05, 0.1) is 21.3 Å². The molecule has 2 aromatic carbocycles. The number of hydrogen-bond donors (Lipinski definition) is 2. The van der Waals surface area contributed by atoms with Gasteiger partial charge in [-0.3, -0.25) is 4.79 Å². The van der Waals surface area contributed by atoms with Gasteiger partial charge < -0.3 is 10.4 Å². The van der Waals surface area contributed by atoms with E-state index in [1.54, 1.807) is 17.5 Å². The second-order valence-corrected chi connectivity index (χ2v) is 7.78. The van der Waals surface area contributed by atoms with Crippen molar-refractivity contribution in [2.24, 2.45) is 0 Å². The van der Waals surface area contributed by atoms with Crippen molar-refractivity contribution in [1.29, 1.82) is 0 Å². The van der Waals surface area contributed by atoms with Crippen molar-refractivity contribution in [1.82, 2.24) is 10.3 Å². The minimum absolute atomic E-state index is 0.0547. The first-order valence-electron chi connectivity index (χ1n) is 8.19. The first kappa shape index (κ1) is 21.4. The Bertz CT molecular complexity index is 1030. The summed E-state index contributed by atoms with van der Waals surface area (Å²) in [4.78, 5) is 16.5. The van der Waals surface area contributed by atoms with Crippen LogP contribution >= 0.6 is 34.5 Å². The predicted molar refractivity (Wildman–Crippen MR) is 106 cm³/mol. The lowest BCUT2D eigenvalue weighted by Crippen LogP contribution is -2.23. The molecule has 2 N–H and O–H groups in total. The zero-order valence-corrected chi connectivity index (χ0v) is 16.9. The number of benzene rings is 2. The SMILES string of the molecule is O=C(NCc1cccc(C(F)(F)F)c1)c1nc(Cc2cc(Cl)c(O)c(Cl)c2)cs1. The summed E-state index contributed by atoms with van der Waals surface area (Å²) < 4.78 is 38.3. The molecule has 1 aromatic heterocycles. The normalized spacial score (nSPS) is 11.5. The number of carbonyl (C=O) groups excluding carboxylic acids is 1. The van der Waals surface area contributed by atoms with E-state index < -0.39 is 17.6 Å². The molecule has 0 aliphatic carbocycles. The Kier molecular flexibility index (Phi) is 6.36. The third kappa shape index (κ3) is 5.41. The number of phenols is 1. The Morgan fingerprint density at radius 1 is 1.14 bits per heavy atom. The van der Waals surface area contributed by atoms with Crippen molar-refractivity contribution in [3.63, 3.8) is 0 Å². The lowest BCUT2D eigenvalue weighted by atomic mass is 10.1. The van der Waals surface area contributed by atoms with Crippen LogP contribution in [-0.2, 0) is 19.1 Å². The molecule has 4 nitrogen and oxygen atoms in total. The Balaban J connectivity index is 1.64. The summed E-state index contributed by atoms with van der Waals surface area (Å²) >= 11 is 12.9. The van der Waals surface area contributed by atoms with Crippen molar-refractivity contribution in [3.8, 4) is 5.75 Å². The first-order valence-corrected chi connectivity index (χ1v) is 9.82. The van der Waals surface area contributed by atoms with E-state index in [4.69, 9.17) is 23.2 Å². The molecule has 1 heterocycles. The van der Waals surface area contributed by atoms with E-state index in [1.165, 1.54) is 12.1 Å². The van der Waals surface area contributed by atoms with Crippen LogP contribution in [0.4, 0.5) is 13.2 Å². The van der Waals surface area contributed by atoms with Crippen LogP contribution in [0.15, 0.2) is 41.8 Å². The number of alkyl halides is 3. The fraction of sp³-hybridized carbons (Fsp3) is 0.158. The zero-order chi connectivity index (χ0) is 21.2. The minimum Gasteiger partial charge on any atom is -0.505 e. The molecule has 10 heteroatoms. The van der Waals surface area contributed by atoms with Gasteiger partial charge in [0.1, 0.15) is 0 Å². The van der Waals surface area contributed by atoms with Crippen molar-refractivity contribution < 1.29 is 23.1 Å². The molecule has 29 heavy (non-hydrogen) atoms. The second-order valence-electron chi connectivity index (χ2n) is 6.11. The zero-order valence-electron chi connectivity index (χ0n) is 14.6. The van der Waals surface area contributed by atoms with Crippen LogP contribution in [0.5, 0.6) is 5.75 Å². The first-order chi connectivity index (χ1) is 13.6. The van der Waals surface area contributed by atoms with Gasteiger partial charge in [-0.2, -0.15) is 13.2 Å². The van der Waals surface area contributed by atoms with Gasteiger partial charge in [0.2, 0.25) is 0 Å². The Hall–Kier alpha value is -2.29. The molecule has 0 fully saturated rings. The predicted octanol–water partition coefficient (Wildman–Crippen LogP) is 5.70. The van der Waals surface area contributed by atoms with Gasteiger partial charge in [0.15, 0.2) is 10.8 Å². The molecule has 0 saturated heterocycles. The summed E-state index contributed by atoms with van der Waals surface area (Å²) in [6.07, 6.45) is -4.10. The summed E-state index contributed by atoms with van der Waals surface area (Å²) in [5.74, 6) is -0.689. The van der Waals surface area contributed by atoms with Crippen LogP contribution in [0.1, 0.15) is 32.2 Å². The summed E-state index contributed by atoms with van der Waals surface area (Å²) in [5.41, 5.74) is 0.862. The highest BCUT2D eigenvalue weighted by atomic mass is 35.5. The Morgan fingerprint density at radius 2 is 1.83 bits per heavy atom. The number of hydrogen-bond acceptors (Lipinski definition) is 4. The van der Waals surface area contributed by atoms with Crippen molar-refractivity contribution in [2.75, 3.05) is 0 Å². The lowest BCUT2D eigenvalue weighted by molar-refractivity contribution is -0.137. The summed E-state index contributed by atoms with van der Waals surface area (Å²) in [6, 6.07) is 7.86. The molecule has 3 rings (SSSR count). The molecule has 0 radical (unpaired) electrons. The highest BCUT2D eigenvalue weighted by Gasteiger charge is 2.30. The van der Waals surface area contributed by atoms with Crippen molar-refractivity contribution in [2.45, 2.75) is 19.1 Å². The van der Waals surface area contributed by atoms with E-state index >= 15 is 0 Å². The van der Waals surface area contributed by atoms with Gasteiger partial charge in [-0.25, -0.2) is 4.98 Å². The van der Waals surface area contributed by atoms with Crippen LogP contribution in [0, 0.1) is 0 Å². The number of aromatic hydroxyl groups is 1. The maximum Gasteiger partial charge on any atom is 0.416 e. The maximum absolute atomic E-state index is 12.8. The van der Waals surface area contributed by atoms with Crippen LogP contribution < -0.4 is 5.32 Å². The summed E-state index contributed by atoms with van der Waals surface area (Å²) in [6.45, 7) is -0.0547. The third-order valence-electron chi connectivity index (χ3n) is 3.92. The molecule has 0 atom stereocenters. The molecular formula is C19H13Cl2F3N2O2S. The highest BCUT2D eigenvalue weighted by Crippen LogP contribution is 2.33. The van der Waals surface area contributed by atoms with Gasteiger partial charge in [-0.15, -0.1) is 11.3 Å². The molecular weight excluding hydrogens is 448 g/mol. The smallest absolute Gasteiger partial charge is 0.416 e. The number of halogens is 5. The molecule has 152 valence electrons. The number of phenolic OH excluding ortho intramolecular Hbond substituents is 1. The largest absolute Gasteiger partial charge is 0.505 e. The van der Waals surface area contributed by atoms with E-state index in [1.807, 2.05) is 0 Å². The summed E-state index contributed by atoms with van der Waals surface area (Å²) in [5, 5.41) is 14.3. The molecule has 1 amide bonds. The van der Waals surface area contributed by atoms with E-state index in [2.05, 4.69) is 10.3 Å². The fourth-order valence-electron chi connectivity index (χ4n) is 2.54. The second kappa shape index (κ2) is 8.61. The van der Waals surface area contributed by atoms with Gasteiger partial charge >= 0.3 is 6.18 Å². The molecule has 0 spiro atoms. The number of amides is 1. The number of rotatable bonds is 5. The van der Waals surface area contributed by atoms with Gasteiger partial charge in [0, 0.05) is 18.3 Å². The van der Waals surface area contributed by atoms with Gasteiger partial charge in [0.25, 0.3) is 5.91 Å². The standard InChI is InChI=1S/C19H13Cl2F3N2O2S/c20-14-6-11(7-15(21)16(14)27)5-13-9-29-18(26-13)17(28)25-8-10-2-1-3-12(4-10)19(22,23)24/h1-4,6-7,9,27H,5,8H2,(H,25,28). The molecule has 0 aliphatic heterocycles. The van der Waals surface area contributed by atoms with Crippen molar-refractivity contribution in [3.05, 3.63) is 79.2 Å². The van der Waals surface area contributed by atoms with E-state index in [0.29, 0.717) is 23.2 Å². The van der Waals surface area contributed by atoms with E-state index in [9.17, 15) is 23.1 Å². The number of thiazole rings is 1. The monoisotopic (exact) mass is 460 g/mol.